The minimum Gasteiger partial charge on any atom is -0.387 e. The lowest BCUT2D eigenvalue weighted by Crippen LogP contribution is -2.26. The van der Waals surface area contributed by atoms with Crippen LogP contribution in [0.2, 0.25) is 0 Å². The van der Waals surface area contributed by atoms with Crippen molar-refractivity contribution >= 4 is 17.3 Å². The molecule has 0 aliphatic carbocycles. The molecule has 2 aromatic rings. The first-order valence-corrected chi connectivity index (χ1v) is 6.33. The molecule has 1 aromatic carbocycles. The third-order valence-corrected chi connectivity index (χ3v) is 2.96. The molecule has 0 unspecified atom stereocenters. The number of H-pyrrole nitrogens is 1. The summed E-state index contributed by atoms with van der Waals surface area (Å²) in [5, 5.41) is 16.4. The Kier molecular flexibility index (Phi) is 4.50. The smallest absolute Gasteiger partial charge is 0.270 e. The predicted molar refractivity (Wildman–Crippen MR) is 77.3 cm³/mol. The van der Waals surface area contributed by atoms with Crippen LogP contribution in [0.15, 0.2) is 30.7 Å². The number of carbonyl (C=O) groups excluding carboxylic acids is 1. The van der Waals surface area contributed by atoms with Crippen LogP contribution in [-0.2, 0) is 6.42 Å². The summed E-state index contributed by atoms with van der Waals surface area (Å²) in [7, 11) is 1.66. The highest BCUT2D eigenvalue weighted by atomic mass is 16.6. The average molecular weight is 289 g/mol. The fourth-order valence-electron chi connectivity index (χ4n) is 1.88. The molecule has 3 N–H and O–H groups in total. The lowest BCUT2D eigenvalue weighted by molar-refractivity contribution is -0.384. The Morgan fingerprint density at radius 3 is 2.90 bits per heavy atom. The van der Waals surface area contributed by atoms with E-state index in [0.29, 0.717) is 18.7 Å². The number of nitrogens with zero attached hydrogens (tertiary/aromatic N) is 2. The predicted octanol–water partition coefficient (Wildman–Crippen LogP) is 1.33. The Morgan fingerprint density at radius 1 is 1.48 bits per heavy atom. The highest BCUT2D eigenvalue weighted by molar-refractivity contribution is 6.00. The van der Waals surface area contributed by atoms with E-state index in [9.17, 15) is 14.9 Å². The van der Waals surface area contributed by atoms with Crippen molar-refractivity contribution in [3.8, 4) is 0 Å². The number of aromatic amines is 1. The van der Waals surface area contributed by atoms with Gasteiger partial charge >= 0.3 is 0 Å². The molecule has 1 aromatic heterocycles. The first kappa shape index (κ1) is 14.5. The molecule has 0 atom stereocenters. The molecule has 0 saturated carbocycles. The van der Waals surface area contributed by atoms with Crippen molar-refractivity contribution in [2.75, 3.05) is 18.9 Å². The van der Waals surface area contributed by atoms with Crippen LogP contribution in [0.4, 0.5) is 11.4 Å². The number of carbonyl (C=O) groups is 1. The average Bonchev–Trinajstić information content (AvgIpc) is 2.99. The number of nitrogens with one attached hydrogen (secondary N) is 3. The van der Waals surface area contributed by atoms with Crippen molar-refractivity contribution in [3.63, 3.8) is 0 Å². The third-order valence-electron chi connectivity index (χ3n) is 2.96. The number of aromatic nitrogens is 2. The van der Waals surface area contributed by atoms with Crippen LogP contribution >= 0.6 is 0 Å². The number of rotatable bonds is 6. The van der Waals surface area contributed by atoms with E-state index in [-0.39, 0.29) is 17.2 Å². The van der Waals surface area contributed by atoms with Gasteiger partial charge in [0, 0.05) is 49.7 Å². The van der Waals surface area contributed by atoms with Crippen molar-refractivity contribution in [1.29, 1.82) is 0 Å². The van der Waals surface area contributed by atoms with Crippen molar-refractivity contribution in [1.82, 2.24) is 15.3 Å². The van der Waals surface area contributed by atoms with Gasteiger partial charge in [-0.05, 0) is 6.07 Å². The molecule has 8 heteroatoms. The number of non-ortho nitro benzene ring substituents is 1. The van der Waals surface area contributed by atoms with Gasteiger partial charge < -0.3 is 15.6 Å². The number of hydrogen-bond acceptors (Lipinski definition) is 5. The van der Waals surface area contributed by atoms with Crippen molar-refractivity contribution in [3.05, 3.63) is 52.1 Å². The summed E-state index contributed by atoms with van der Waals surface area (Å²) in [5.74, 6) is -0.359. The fraction of sp³-hybridized carbons (Fsp3) is 0.231. The first-order valence-electron chi connectivity index (χ1n) is 6.33. The second kappa shape index (κ2) is 6.51. The molecule has 21 heavy (non-hydrogen) atoms. The SMILES string of the molecule is CNc1ccc([N+](=O)[O-])cc1C(=O)NCCc1cnc[nH]1. The first-order chi connectivity index (χ1) is 10.1. The third kappa shape index (κ3) is 3.56. The summed E-state index contributed by atoms with van der Waals surface area (Å²) in [6.07, 6.45) is 3.85. The van der Waals surface area contributed by atoms with E-state index < -0.39 is 4.92 Å². The van der Waals surface area contributed by atoms with Gasteiger partial charge in [0.15, 0.2) is 0 Å². The van der Waals surface area contributed by atoms with Crippen LogP contribution < -0.4 is 10.6 Å². The molecule has 1 amide bonds. The Balaban J connectivity index is 2.06. The van der Waals surface area contributed by atoms with Gasteiger partial charge in [0.05, 0.1) is 16.8 Å². The fourth-order valence-corrected chi connectivity index (χ4v) is 1.88. The molecule has 0 bridgehead atoms. The quantitative estimate of drug-likeness (QED) is 0.548. The van der Waals surface area contributed by atoms with E-state index in [4.69, 9.17) is 0 Å². The molecule has 0 spiro atoms. The summed E-state index contributed by atoms with van der Waals surface area (Å²) in [6, 6.07) is 4.13. The molecule has 0 aliphatic rings. The largest absolute Gasteiger partial charge is 0.387 e. The maximum absolute atomic E-state index is 12.1. The Morgan fingerprint density at radius 2 is 2.29 bits per heavy atom. The van der Waals surface area contributed by atoms with Gasteiger partial charge in [-0.15, -0.1) is 0 Å². The maximum Gasteiger partial charge on any atom is 0.270 e. The Labute approximate surface area is 120 Å². The normalized spacial score (nSPS) is 10.1. The second-order valence-corrected chi connectivity index (χ2v) is 4.32. The Hall–Kier alpha value is -2.90. The zero-order valence-corrected chi connectivity index (χ0v) is 11.4. The van der Waals surface area contributed by atoms with Crippen molar-refractivity contribution < 1.29 is 9.72 Å². The summed E-state index contributed by atoms with van der Waals surface area (Å²) in [4.78, 5) is 29.2. The molecule has 0 radical (unpaired) electrons. The molecular formula is C13H15N5O3. The van der Waals surface area contributed by atoms with Crippen molar-refractivity contribution in [2.24, 2.45) is 0 Å². The lowest BCUT2D eigenvalue weighted by Gasteiger charge is -2.09. The zero-order chi connectivity index (χ0) is 15.2. The van der Waals surface area contributed by atoms with E-state index >= 15 is 0 Å². The van der Waals surface area contributed by atoms with E-state index in [2.05, 4.69) is 20.6 Å². The number of hydrogen-bond donors (Lipinski definition) is 3. The standard InChI is InChI=1S/C13H15N5O3/c1-14-12-3-2-10(18(20)21)6-11(12)13(19)16-5-4-9-7-15-8-17-9/h2-3,6-8,14H,4-5H2,1H3,(H,15,17)(H,16,19). The number of amides is 1. The lowest BCUT2D eigenvalue weighted by atomic mass is 10.1. The van der Waals surface area contributed by atoms with Crippen LogP contribution in [0.5, 0.6) is 0 Å². The number of nitro groups is 1. The summed E-state index contributed by atoms with van der Waals surface area (Å²) < 4.78 is 0. The van der Waals surface area contributed by atoms with Gasteiger partial charge in [-0.25, -0.2) is 4.98 Å². The molecule has 110 valence electrons. The topological polar surface area (TPSA) is 113 Å². The molecular weight excluding hydrogens is 274 g/mol. The number of benzene rings is 1. The van der Waals surface area contributed by atoms with Gasteiger partial charge in [0.1, 0.15) is 0 Å². The maximum atomic E-state index is 12.1. The van der Waals surface area contributed by atoms with Crippen LogP contribution in [0.3, 0.4) is 0 Å². The van der Waals surface area contributed by atoms with E-state index in [0.717, 1.165) is 5.69 Å². The van der Waals surface area contributed by atoms with E-state index in [1.165, 1.54) is 18.2 Å². The van der Waals surface area contributed by atoms with Gasteiger partial charge in [-0.2, -0.15) is 0 Å². The molecule has 0 aliphatic heterocycles. The monoisotopic (exact) mass is 289 g/mol. The summed E-state index contributed by atoms with van der Waals surface area (Å²) in [5.41, 5.74) is 1.58. The minimum absolute atomic E-state index is 0.118. The van der Waals surface area contributed by atoms with Crippen LogP contribution in [0.25, 0.3) is 0 Å². The minimum atomic E-state index is -0.527. The van der Waals surface area contributed by atoms with Crippen LogP contribution in [-0.4, -0.2) is 34.4 Å². The van der Waals surface area contributed by atoms with Gasteiger partial charge in [0.2, 0.25) is 0 Å². The van der Waals surface area contributed by atoms with Crippen LogP contribution in [0.1, 0.15) is 16.1 Å². The Bertz CT molecular complexity index is 639. The summed E-state index contributed by atoms with van der Waals surface area (Å²) in [6.45, 7) is 0.410. The van der Waals surface area contributed by atoms with E-state index in [1.54, 1.807) is 19.6 Å². The zero-order valence-electron chi connectivity index (χ0n) is 11.4. The molecule has 8 nitrogen and oxygen atoms in total. The van der Waals surface area contributed by atoms with Gasteiger partial charge in [-0.1, -0.05) is 0 Å². The molecule has 0 fully saturated rings. The molecule has 2 rings (SSSR count). The van der Waals surface area contributed by atoms with Gasteiger partial charge in [0.25, 0.3) is 11.6 Å². The highest BCUT2D eigenvalue weighted by Crippen LogP contribution is 2.21. The van der Waals surface area contributed by atoms with Gasteiger partial charge in [-0.3, -0.25) is 14.9 Å². The van der Waals surface area contributed by atoms with Crippen molar-refractivity contribution in [2.45, 2.75) is 6.42 Å². The van der Waals surface area contributed by atoms with Crippen LogP contribution in [0, 0.1) is 10.1 Å². The highest BCUT2D eigenvalue weighted by Gasteiger charge is 2.15. The molecule has 1 heterocycles. The second-order valence-electron chi connectivity index (χ2n) is 4.32. The number of imidazole rings is 1. The summed E-state index contributed by atoms with van der Waals surface area (Å²) >= 11 is 0. The van der Waals surface area contributed by atoms with E-state index in [1.807, 2.05) is 0 Å². The number of anilines is 1. The number of nitro benzene ring substituents is 1. The molecule has 0 saturated heterocycles.